The summed E-state index contributed by atoms with van der Waals surface area (Å²) in [5.74, 6) is -0.947. The molecular weight excluding hydrogens is 356 g/mol. The third kappa shape index (κ3) is 5.74. The lowest BCUT2D eigenvalue weighted by molar-refractivity contribution is -0.181. The van der Waals surface area contributed by atoms with Crippen LogP contribution in [0.4, 0.5) is 0 Å². The topological polar surface area (TPSA) is 61.8 Å². The molecule has 2 aliphatic rings. The van der Waals surface area contributed by atoms with Gasteiger partial charge in [0.15, 0.2) is 0 Å². The number of rotatable bonds is 5. The molecule has 0 amide bonds. The van der Waals surface area contributed by atoms with Crippen molar-refractivity contribution in [1.82, 2.24) is 0 Å². The molecule has 28 heavy (non-hydrogen) atoms. The Balaban J connectivity index is 2.45. The fourth-order valence-corrected chi connectivity index (χ4v) is 3.92. The van der Waals surface area contributed by atoms with Crippen LogP contribution >= 0.6 is 0 Å². The lowest BCUT2D eigenvalue weighted by atomic mass is 9.74. The Labute approximate surface area is 167 Å². The molecule has 0 saturated heterocycles. The summed E-state index contributed by atoms with van der Waals surface area (Å²) in [6, 6.07) is 0. The number of ether oxygens (including phenoxy) is 3. The molecule has 1 aliphatic carbocycles. The lowest BCUT2D eigenvalue weighted by Crippen LogP contribution is -2.41. The predicted molar refractivity (Wildman–Crippen MR) is 107 cm³/mol. The molecule has 0 aromatic rings. The molecule has 0 radical (unpaired) electrons. The third-order valence-corrected chi connectivity index (χ3v) is 5.21. The molecule has 0 bridgehead atoms. The number of allylic oxidation sites excluding steroid dienone is 2. The highest BCUT2D eigenvalue weighted by molar-refractivity contribution is 5.67. The molecule has 0 saturated carbocycles. The molecule has 0 aromatic carbocycles. The van der Waals surface area contributed by atoms with Gasteiger partial charge in [0.2, 0.25) is 6.29 Å². The van der Waals surface area contributed by atoms with Gasteiger partial charge in [0.25, 0.3) is 0 Å². The Morgan fingerprint density at radius 2 is 2.11 bits per heavy atom. The van der Waals surface area contributed by atoms with Crippen LogP contribution in [0.25, 0.3) is 0 Å². The standard InChI is InChI=1S/C23H30O5/c1-6-7-11-21(27-17(4)24)20-14-26-23(28-18(5)25)22-16(3)10-8-9-15(2)12-13-19(20)22/h7,9,14,19,21-23H,1,3,8,10-13H2,2,4-5H3/b15-9+/t19-,21?,22+,23-/m1/s1. The van der Waals surface area contributed by atoms with Gasteiger partial charge in [-0.1, -0.05) is 30.4 Å². The van der Waals surface area contributed by atoms with E-state index in [2.05, 4.69) is 31.9 Å². The van der Waals surface area contributed by atoms with Crippen molar-refractivity contribution in [3.63, 3.8) is 0 Å². The minimum atomic E-state index is -0.718. The molecular formula is C23H30O5. The van der Waals surface area contributed by atoms with Crippen LogP contribution in [-0.4, -0.2) is 24.3 Å². The Hall–Kier alpha value is -2.52. The largest absolute Gasteiger partial charge is 0.462 e. The van der Waals surface area contributed by atoms with Crippen molar-refractivity contribution in [2.24, 2.45) is 11.8 Å². The van der Waals surface area contributed by atoms with E-state index in [-0.39, 0.29) is 17.8 Å². The van der Waals surface area contributed by atoms with E-state index >= 15 is 0 Å². The highest BCUT2D eigenvalue weighted by Gasteiger charge is 2.42. The number of hydrogen-bond acceptors (Lipinski definition) is 5. The number of hydrogen-bond donors (Lipinski definition) is 0. The summed E-state index contributed by atoms with van der Waals surface area (Å²) >= 11 is 0. The van der Waals surface area contributed by atoms with Gasteiger partial charge in [-0.05, 0) is 38.7 Å². The third-order valence-electron chi connectivity index (χ3n) is 5.21. The summed E-state index contributed by atoms with van der Waals surface area (Å²) in [5.41, 5.74) is 5.91. The molecule has 1 aliphatic heterocycles. The van der Waals surface area contributed by atoms with E-state index in [1.807, 2.05) is 0 Å². The van der Waals surface area contributed by atoms with Crippen molar-refractivity contribution in [3.05, 3.63) is 54.0 Å². The molecule has 1 unspecified atom stereocenters. The molecule has 5 nitrogen and oxygen atoms in total. The molecule has 5 heteroatoms. The van der Waals surface area contributed by atoms with Gasteiger partial charge in [-0.15, -0.1) is 5.73 Å². The molecule has 2 rings (SSSR count). The van der Waals surface area contributed by atoms with Gasteiger partial charge in [0.05, 0.1) is 12.2 Å². The molecule has 4 atom stereocenters. The second-order valence-electron chi connectivity index (χ2n) is 7.39. The van der Waals surface area contributed by atoms with Gasteiger partial charge in [-0.25, -0.2) is 0 Å². The van der Waals surface area contributed by atoms with E-state index in [0.717, 1.165) is 36.8 Å². The van der Waals surface area contributed by atoms with Gasteiger partial charge in [-0.2, -0.15) is 0 Å². The summed E-state index contributed by atoms with van der Waals surface area (Å²) < 4.78 is 16.9. The van der Waals surface area contributed by atoms with Crippen LogP contribution in [-0.2, 0) is 23.8 Å². The maximum atomic E-state index is 11.7. The van der Waals surface area contributed by atoms with E-state index in [0.29, 0.717) is 6.42 Å². The number of fused-ring (bicyclic) bond motifs is 1. The van der Waals surface area contributed by atoms with Crippen LogP contribution in [0.2, 0.25) is 0 Å². The summed E-state index contributed by atoms with van der Waals surface area (Å²) in [4.78, 5) is 23.3. The van der Waals surface area contributed by atoms with Gasteiger partial charge in [0.1, 0.15) is 6.10 Å². The fourth-order valence-electron chi connectivity index (χ4n) is 3.92. The van der Waals surface area contributed by atoms with Crippen molar-refractivity contribution in [3.8, 4) is 0 Å². The van der Waals surface area contributed by atoms with E-state index in [4.69, 9.17) is 14.2 Å². The number of esters is 2. The average Bonchev–Trinajstić information content (AvgIpc) is 2.68. The van der Waals surface area contributed by atoms with Crippen molar-refractivity contribution >= 4 is 11.9 Å². The monoisotopic (exact) mass is 386 g/mol. The van der Waals surface area contributed by atoms with E-state index < -0.39 is 18.4 Å². The second kappa shape index (κ2) is 10.1. The van der Waals surface area contributed by atoms with Gasteiger partial charge in [-0.3, -0.25) is 9.59 Å². The Kier molecular flexibility index (Phi) is 7.89. The fraction of sp³-hybridized carbons (Fsp3) is 0.522. The van der Waals surface area contributed by atoms with Crippen LogP contribution in [0, 0.1) is 11.8 Å². The summed E-state index contributed by atoms with van der Waals surface area (Å²) in [5, 5.41) is 0. The van der Waals surface area contributed by atoms with Crippen molar-refractivity contribution < 1.29 is 23.8 Å². The van der Waals surface area contributed by atoms with Crippen molar-refractivity contribution in [2.75, 3.05) is 0 Å². The first kappa shape index (κ1) is 21.8. The Morgan fingerprint density at radius 3 is 2.75 bits per heavy atom. The minimum Gasteiger partial charge on any atom is -0.462 e. The van der Waals surface area contributed by atoms with Crippen LogP contribution in [0.3, 0.4) is 0 Å². The first-order valence-corrected chi connectivity index (χ1v) is 9.71. The minimum absolute atomic E-state index is 0.00499. The summed E-state index contributed by atoms with van der Waals surface area (Å²) in [6.07, 6.45) is 8.26. The quantitative estimate of drug-likeness (QED) is 0.387. The van der Waals surface area contributed by atoms with Crippen molar-refractivity contribution in [2.45, 2.75) is 65.3 Å². The number of carbonyl (C=O) groups is 2. The Morgan fingerprint density at radius 1 is 1.36 bits per heavy atom. The molecule has 0 N–H and O–H groups in total. The van der Waals surface area contributed by atoms with Gasteiger partial charge in [0, 0.05) is 31.8 Å². The smallest absolute Gasteiger partial charge is 0.305 e. The SMILES string of the molecule is C=C=CCC(OC(C)=O)C1=CO[C@H](OC(C)=O)[C@H]2C(=C)CC/C=C(\C)CC[C@H]12. The zero-order valence-electron chi connectivity index (χ0n) is 17.0. The molecule has 0 fully saturated rings. The van der Waals surface area contributed by atoms with Crippen LogP contribution in [0.5, 0.6) is 0 Å². The zero-order chi connectivity index (χ0) is 20.7. The van der Waals surface area contributed by atoms with E-state index in [9.17, 15) is 9.59 Å². The van der Waals surface area contributed by atoms with Crippen LogP contribution < -0.4 is 0 Å². The average molecular weight is 386 g/mol. The highest BCUT2D eigenvalue weighted by Crippen LogP contribution is 2.43. The molecule has 0 aromatic heterocycles. The zero-order valence-corrected chi connectivity index (χ0v) is 17.0. The number of carbonyl (C=O) groups excluding carboxylic acids is 2. The molecule has 0 spiro atoms. The van der Waals surface area contributed by atoms with Crippen LogP contribution in [0.15, 0.2) is 54.0 Å². The lowest BCUT2D eigenvalue weighted by Gasteiger charge is -2.40. The summed E-state index contributed by atoms with van der Waals surface area (Å²) in [7, 11) is 0. The Bertz CT molecular complexity index is 719. The molecule has 152 valence electrons. The van der Waals surface area contributed by atoms with Crippen molar-refractivity contribution in [1.29, 1.82) is 0 Å². The first-order chi connectivity index (χ1) is 13.3. The van der Waals surface area contributed by atoms with Gasteiger partial charge >= 0.3 is 11.9 Å². The first-order valence-electron chi connectivity index (χ1n) is 9.71. The predicted octanol–water partition coefficient (Wildman–Crippen LogP) is 4.76. The summed E-state index contributed by atoms with van der Waals surface area (Å²) in [6.45, 7) is 12.8. The second-order valence-corrected chi connectivity index (χ2v) is 7.39. The maximum absolute atomic E-state index is 11.7. The maximum Gasteiger partial charge on any atom is 0.305 e. The highest BCUT2D eigenvalue weighted by atomic mass is 16.7. The van der Waals surface area contributed by atoms with Gasteiger partial charge < -0.3 is 14.2 Å². The van der Waals surface area contributed by atoms with E-state index in [1.54, 1.807) is 12.3 Å². The van der Waals surface area contributed by atoms with Crippen LogP contribution in [0.1, 0.15) is 52.9 Å². The van der Waals surface area contributed by atoms with E-state index in [1.165, 1.54) is 19.4 Å². The molecule has 1 heterocycles. The normalized spacial score (nSPS) is 27.7.